The highest BCUT2D eigenvalue weighted by Crippen LogP contribution is 2.29. The number of pyridine rings is 1. The van der Waals surface area contributed by atoms with Crippen LogP contribution in [0.4, 0.5) is 18.9 Å². The van der Waals surface area contributed by atoms with Gasteiger partial charge in [0.25, 0.3) is 10.0 Å². The van der Waals surface area contributed by atoms with Gasteiger partial charge in [0.15, 0.2) is 17.5 Å². The Morgan fingerprint density at radius 2 is 1.75 bits per heavy atom. The number of hydrogen-bond donors (Lipinski definition) is 1. The zero-order valence-corrected chi connectivity index (χ0v) is 13.3. The number of fused-ring (bicyclic) bond motifs is 1. The van der Waals surface area contributed by atoms with E-state index in [2.05, 4.69) is 4.98 Å². The highest BCUT2D eigenvalue weighted by Gasteiger charge is 2.22. The number of hydrogen-bond acceptors (Lipinski definition) is 3. The predicted molar refractivity (Wildman–Crippen MR) is 83.9 cm³/mol. The van der Waals surface area contributed by atoms with Gasteiger partial charge in [0.05, 0.1) is 21.1 Å². The van der Waals surface area contributed by atoms with E-state index in [1.807, 2.05) is 4.72 Å². The highest BCUT2D eigenvalue weighted by molar-refractivity contribution is 7.93. The smallest absolute Gasteiger partial charge is 0.262 e. The predicted octanol–water partition coefficient (Wildman–Crippen LogP) is 4.11. The average molecular weight is 373 g/mol. The fourth-order valence-corrected chi connectivity index (χ4v) is 3.62. The lowest BCUT2D eigenvalue weighted by Gasteiger charge is -2.12. The van der Waals surface area contributed by atoms with Crippen molar-refractivity contribution in [2.45, 2.75) is 4.90 Å². The van der Waals surface area contributed by atoms with Crippen molar-refractivity contribution in [1.29, 1.82) is 0 Å². The van der Waals surface area contributed by atoms with Crippen LogP contribution in [0.15, 0.2) is 47.5 Å². The number of sulfonamides is 1. The molecule has 2 aromatic carbocycles. The normalized spacial score (nSPS) is 11.7. The summed E-state index contributed by atoms with van der Waals surface area (Å²) in [6.45, 7) is 0. The first kappa shape index (κ1) is 16.5. The van der Waals surface area contributed by atoms with Crippen LogP contribution in [0.5, 0.6) is 0 Å². The third-order valence-electron chi connectivity index (χ3n) is 3.25. The van der Waals surface area contributed by atoms with Crippen molar-refractivity contribution in [3.05, 3.63) is 65.1 Å². The van der Waals surface area contributed by atoms with Crippen LogP contribution in [0.1, 0.15) is 0 Å². The van der Waals surface area contributed by atoms with Crippen molar-refractivity contribution in [2.75, 3.05) is 4.72 Å². The third kappa shape index (κ3) is 2.78. The molecule has 9 heteroatoms. The summed E-state index contributed by atoms with van der Waals surface area (Å²) in [6, 6.07) is 6.94. The molecule has 4 nitrogen and oxygen atoms in total. The zero-order chi connectivity index (χ0) is 17.5. The number of rotatable bonds is 3. The quantitative estimate of drug-likeness (QED) is 0.704. The molecule has 0 saturated heterocycles. The molecule has 0 spiro atoms. The van der Waals surface area contributed by atoms with E-state index in [0.29, 0.717) is 6.07 Å². The molecule has 0 unspecified atom stereocenters. The average Bonchev–Trinajstić information content (AvgIpc) is 2.56. The Bertz CT molecular complexity index is 1060. The topological polar surface area (TPSA) is 59.1 Å². The van der Waals surface area contributed by atoms with Crippen LogP contribution >= 0.6 is 11.6 Å². The van der Waals surface area contributed by atoms with Crippen LogP contribution in [0, 0.1) is 17.5 Å². The standard InChI is InChI=1S/C15H8ClF3N2O2S/c16-9-3-6-12(8-2-1-7-20-15(8)9)24(22,23)21-11-5-4-10(17)13(18)14(11)19/h1-7,21H. The number of halogens is 4. The van der Waals surface area contributed by atoms with E-state index in [1.54, 1.807) is 0 Å². The van der Waals surface area contributed by atoms with Crippen LogP contribution in [0.3, 0.4) is 0 Å². The Kier molecular flexibility index (Phi) is 4.10. The Labute approximate surface area is 140 Å². The molecule has 0 aliphatic heterocycles. The molecule has 3 rings (SSSR count). The second-order valence-corrected chi connectivity index (χ2v) is 6.83. The second kappa shape index (κ2) is 5.95. The minimum atomic E-state index is -4.29. The second-order valence-electron chi connectivity index (χ2n) is 4.77. The van der Waals surface area contributed by atoms with Gasteiger partial charge in [-0.2, -0.15) is 0 Å². The number of aromatic nitrogens is 1. The molecule has 0 fully saturated rings. The summed E-state index contributed by atoms with van der Waals surface area (Å²) in [7, 11) is -4.29. The Balaban J connectivity index is 2.13. The van der Waals surface area contributed by atoms with Crippen LogP contribution in [0.25, 0.3) is 10.9 Å². The van der Waals surface area contributed by atoms with E-state index in [-0.39, 0.29) is 20.8 Å². The summed E-state index contributed by atoms with van der Waals surface area (Å²) in [6.07, 6.45) is 1.44. The molecule has 1 heterocycles. The van der Waals surface area contributed by atoms with E-state index in [9.17, 15) is 21.6 Å². The first-order valence-electron chi connectivity index (χ1n) is 6.51. The molecule has 1 aromatic heterocycles. The maximum absolute atomic E-state index is 13.7. The fourth-order valence-electron chi connectivity index (χ4n) is 2.15. The summed E-state index contributed by atoms with van der Waals surface area (Å²) >= 11 is 5.97. The van der Waals surface area contributed by atoms with Gasteiger partial charge in [-0.05, 0) is 36.4 Å². The first-order valence-corrected chi connectivity index (χ1v) is 8.37. The molecule has 0 aliphatic rings. The van der Waals surface area contributed by atoms with E-state index in [4.69, 9.17) is 11.6 Å². The molecule has 0 amide bonds. The summed E-state index contributed by atoms with van der Waals surface area (Å²) in [5.41, 5.74) is -0.464. The minimum absolute atomic E-state index is 0.209. The van der Waals surface area contributed by atoms with E-state index >= 15 is 0 Å². The molecule has 1 N–H and O–H groups in total. The van der Waals surface area contributed by atoms with Gasteiger partial charge in [0.1, 0.15) is 0 Å². The molecule has 0 bridgehead atoms. The van der Waals surface area contributed by atoms with Crippen LogP contribution < -0.4 is 4.72 Å². The van der Waals surface area contributed by atoms with Gasteiger partial charge in [0.2, 0.25) is 0 Å². The van der Waals surface area contributed by atoms with Crippen molar-refractivity contribution in [3.63, 3.8) is 0 Å². The molecule has 0 radical (unpaired) electrons. The van der Waals surface area contributed by atoms with Crippen molar-refractivity contribution in [2.24, 2.45) is 0 Å². The van der Waals surface area contributed by atoms with Crippen LogP contribution in [0.2, 0.25) is 5.02 Å². The summed E-state index contributed by atoms with van der Waals surface area (Å²) in [4.78, 5) is 3.77. The summed E-state index contributed by atoms with van der Waals surface area (Å²) < 4.78 is 66.8. The van der Waals surface area contributed by atoms with Gasteiger partial charge in [-0.3, -0.25) is 9.71 Å². The molecule has 0 atom stereocenters. The monoisotopic (exact) mass is 372 g/mol. The van der Waals surface area contributed by atoms with Crippen molar-refractivity contribution < 1.29 is 21.6 Å². The van der Waals surface area contributed by atoms with Gasteiger partial charge in [0, 0.05) is 11.6 Å². The van der Waals surface area contributed by atoms with Gasteiger partial charge < -0.3 is 0 Å². The number of anilines is 1. The molecular formula is C15H8ClF3N2O2S. The molecule has 24 heavy (non-hydrogen) atoms. The van der Waals surface area contributed by atoms with E-state index in [1.165, 1.54) is 30.5 Å². The largest absolute Gasteiger partial charge is 0.277 e. The molecule has 0 aliphatic carbocycles. The molecular weight excluding hydrogens is 365 g/mol. The Hall–Kier alpha value is -2.32. The maximum atomic E-state index is 13.7. The lowest BCUT2D eigenvalue weighted by Crippen LogP contribution is -2.15. The Morgan fingerprint density at radius 1 is 1.00 bits per heavy atom. The lowest BCUT2D eigenvalue weighted by atomic mass is 10.2. The van der Waals surface area contributed by atoms with Crippen molar-refractivity contribution in [1.82, 2.24) is 4.98 Å². The van der Waals surface area contributed by atoms with Crippen molar-refractivity contribution >= 4 is 38.2 Å². The Morgan fingerprint density at radius 3 is 2.50 bits per heavy atom. The summed E-state index contributed by atoms with van der Waals surface area (Å²) in [5.74, 6) is -4.82. The number of nitrogens with one attached hydrogen (secondary N) is 1. The van der Waals surface area contributed by atoms with Crippen LogP contribution in [-0.2, 0) is 10.0 Å². The minimum Gasteiger partial charge on any atom is -0.277 e. The molecule has 124 valence electrons. The molecule has 3 aromatic rings. The number of nitrogens with zero attached hydrogens (tertiary/aromatic N) is 1. The van der Waals surface area contributed by atoms with E-state index in [0.717, 1.165) is 6.07 Å². The first-order chi connectivity index (χ1) is 11.3. The molecule has 0 saturated carbocycles. The van der Waals surface area contributed by atoms with Gasteiger partial charge in [-0.1, -0.05) is 11.6 Å². The summed E-state index contributed by atoms with van der Waals surface area (Å²) in [5, 5.41) is 0.448. The van der Waals surface area contributed by atoms with Gasteiger partial charge in [-0.15, -0.1) is 0 Å². The maximum Gasteiger partial charge on any atom is 0.262 e. The zero-order valence-electron chi connectivity index (χ0n) is 11.7. The van der Waals surface area contributed by atoms with Gasteiger partial charge >= 0.3 is 0 Å². The highest BCUT2D eigenvalue weighted by atomic mass is 35.5. The lowest BCUT2D eigenvalue weighted by molar-refractivity contribution is 0.449. The SMILES string of the molecule is O=S(=O)(Nc1ccc(F)c(F)c1F)c1ccc(Cl)c2ncccc12. The van der Waals surface area contributed by atoms with E-state index < -0.39 is 33.2 Å². The third-order valence-corrected chi connectivity index (χ3v) is 4.98. The van der Waals surface area contributed by atoms with Crippen molar-refractivity contribution in [3.8, 4) is 0 Å². The van der Waals surface area contributed by atoms with Crippen LogP contribution in [-0.4, -0.2) is 13.4 Å². The number of benzene rings is 2. The van der Waals surface area contributed by atoms with Gasteiger partial charge in [-0.25, -0.2) is 21.6 Å². The fraction of sp³-hybridized carbons (Fsp3) is 0.